The van der Waals surface area contributed by atoms with Gasteiger partial charge in [0.05, 0.1) is 19.8 Å². The van der Waals surface area contributed by atoms with E-state index in [4.69, 9.17) is 15.2 Å². The Bertz CT molecular complexity index is 333. The number of ether oxygens (including phenoxy) is 2. The van der Waals surface area contributed by atoms with Gasteiger partial charge >= 0.3 is 5.97 Å². The van der Waals surface area contributed by atoms with E-state index in [1.165, 1.54) is 7.11 Å². The van der Waals surface area contributed by atoms with Crippen molar-refractivity contribution in [3.8, 4) is 0 Å². The molecule has 0 bridgehead atoms. The Morgan fingerprint density at radius 3 is 2.74 bits per heavy atom. The molecular weight excluding hydrogens is 244 g/mol. The first-order chi connectivity index (χ1) is 9.01. The van der Waals surface area contributed by atoms with E-state index < -0.39 is 5.54 Å². The molecule has 1 saturated heterocycles. The molecule has 5 heteroatoms. The van der Waals surface area contributed by atoms with Crippen LogP contribution >= 0.6 is 0 Å². The first kappa shape index (κ1) is 14.8. The van der Waals surface area contributed by atoms with Gasteiger partial charge in [-0.2, -0.15) is 0 Å². The summed E-state index contributed by atoms with van der Waals surface area (Å²) in [5, 5.41) is 0. The van der Waals surface area contributed by atoms with Gasteiger partial charge < -0.3 is 15.2 Å². The van der Waals surface area contributed by atoms with Gasteiger partial charge in [-0.3, -0.25) is 9.69 Å². The number of esters is 1. The molecule has 2 rings (SSSR count). The zero-order chi connectivity index (χ0) is 14.0. The number of nitrogens with zero attached hydrogens (tertiary/aromatic N) is 1. The minimum Gasteiger partial charge on any atom is -0.468 e. The molecule has 0 aromatic carbocycles. The summed E-state index contributed by atoms with van der Waals surface area (Å²) in [5.41, 5.74) is 5.55. The van der Waals surface area contributed by atoms with Crippen molar-refractivity contribution in [3.63, 3.8) is 0 Å². The Balaban J connectivity index is 2.08. The van der Waals surface area contributed by atoms with Gasteiger partial charge in [0, 0.05) is 19.1 Å². The van der Waals surface area contributed by atoms with Crippen LogP contribution in [-0.4, -0.2) is 55.4 Å². The van der Waals surface area contributed by atoms with Crippen molar-refractivity contribution in [2.24, 2.45) is 11.7 Å². The largest absolute Gasteiger partial charge is 0.468 e. The molecule has 0 aromatic heterocycles. The number of carbonyl (C=O) groups excluding carboxylic acids is 1. The molecule has 0 spiro atoms. The van der Waals surface area contributed by atoms with Crippen LogP contribution in [0.4, 0.5) is 0 Å². The molecule has 1 aliphatic carbocycles. The zero-order valence-corrected chi connectivity index (χ0v) is 12.2. The summed E-state index contributed by atoms with van der Waals surface area (Å²) in [6.45, 7) is 6.34. The van der Waals surface area contributed by atoms with Crippen molar-refractivity contribution < 1.29 is 14.3 Å². The van der Waals surface area contributed by atoms with Gasteiger partial charge in [-0.05, 0) is 32.1 Å². The summed E-state index contributed by atoms with van der Waals surface area (Å²) in [5.74, 6) is -0.000366. The van der Waals surface area contributed by atoms with Crippen LogP contribution in [0.5, 0.6) is 0 Å². The second-order valence-corrected chi connectivity index (χ2v) is 5.94. The molecule has 3 unspecified atom stereocenters. The summed E-state index contributed by atoms with van der Waals surface area (Å²) in [6, 6.07) is 0.350. The molecule has 3 atom stereocenters. The van der Waals surface area contributed by atoms with Crippen molar-refractivity contribution in [1.82, 2.24) is 4.90 Å². The van der Waals surface area contributed by atoms with Crippen LogP contribution in [0.25, 0.3) is 0 Å². The second-order valence-electron chi connectivity index (χ2n) is 5.94. The summed E-state index contributed by atoms with van der Waals surface area (Å²) >= 11 is 0. The third-order valence-electron chi connectivity index (χ3n) is 4.39. The standard InChI is InChI=1S/C14H26N2O3/c1-4-12-8-19-10(2)7-16(12)9-14(15,11-5-6-11)13(17)18-3/h10-12H,4-9,15H2,1-3H3. The molecular formula is C14H26N2O3. The SMILES string of the molecule is CCC1COC(C)CN1CC(N)(C(=O)OC)C1CC1. The number of morpholine rings is 1. The van der Waals surface area contributed by atoms with Gasteiger partial charge in [0.1, 0.15) is 5.54 Å². The van der Waals surface area contributed by atoms with E-state index in [1.54, 1.807) is 0 Å². The number of hydrogen-bond acceptors (Lipinski definition) is 5. The average Bonchev–Trinajstić information content (AvgIpc) is 3.22. The van der Waals surface area contributed by atoms with Crippen LogP contribution in [0.3, 0.4) is 0 Å². The third kappa shape index (κ3) is 3.09. The van der Waals surface area contributed by atoms with Gasteiger partial charge in [-0.25, -0.2) is 0 Å². The summed E-state index contributed by atoms with van der Waals surface area (Å²) in [6.07, 6.45) is 3.27. The molecule has 5 nitrogen and oxygen atoms in total. The van der Waals surface area contributed by atoms with Crippen LogP contribution in [0, 0.1) is 5.92 Å². The number of methoxy groups -OCH3 is 1. The van der Waals surface area contributed by atoms with E-state index in [0.717, 1.165) is 32.4 Å². The first-order valence-electron chi connectivity index (χ1n) is 7.24. The Kier molecular flexibility index (Phi) is 4.48. The van der Waals surface area contributed by atoms with E-state index in [-0.39, 0.29) is 18.0 Å². The fourth-order valence-corrected chi connectivity index (χ4v) is 2.97. The predicted molar refractivity (Wildman–Crippen MR) is 72.7 cm³/mol. The molecule has 1 aliphatic heterocycles. The van der Waals surface area contributed by atoms with Crippen molar-refractivity contribution in [2.45, 2.75) is 50.8 Å². The molecule has 0 aromatic rings. The zero-order valence-electron chi connectivity index (χ0n) is 12.2. The maximum absolute atomic E-state index is 12.1. The minimum atomic E-state index is -0.848. The van der Waals surface area contributed by atoms with Crippen molar-refractivity contribution in [1.29, 1.82) is 0 Å². The topological polar surface area (TPSA) is 64.8 Å². The minimum absolute atomic E-state index is 0.198. The highest BCUT2D eigenvalue weighted by Gasteiger charge is 2.50. The quantitative estimate of drug-likeness (QED) is 0.747. The van der Waals surface area contributed by atoms with E-state index in [2.05, 4.69) is 18.7 Å². The van der Waals surface area contributed by atoms with Crippen molar-refractivity contribution >= 4 is 5.97 Å². The molecule has 2 aliphatic rings. The van der Waals surface area contributed by atoms with Gasteiger partial charge in [-0.15, -0.1) is 0 Å². The number of carbonyl (C=O) groups is 1. The maximum Gasteiger partial charge on any atom is 0.327 e. The monoisotopic (exact) mass is 270 g/mol. The lowest BCUT2D eigenvalue weighted by Crippen LogP contribution is -2.62. The average molecular weight is 270 g/mol. The number of rotatable bonds is 5. The molecule has 0 radical (unpaired) electrons. The highest BCUT2D eigenvalue weighted by atomic mass is 16.5. The maximum atomic E-state index is 12.1. The normalized spacial score (nSPS) is 31.8. The molecule has 2 fully saturated rings. The number of hydrogen-bond donors (Lipinski definition) is 1. The molecule has 0 amide bonds. The molecule has 1 saturated carbocycles. The molecule has 110 valence electrons. The number of nitrogens with two attached hydrogens (primary N) is 1. The Morgan fingerprint density at radius 2 is 2.21 bits per heavy atom. The van der Waals surface area contributed by atoms with Crippen LogP contribution in [-0.2, 0) is 14.3 Å². The van der Waals surface area contributed by atoms with Crippen molar-refractivity contribution in [3.05, 3.63) is 0 Å². The van der Waals surface area contributed by atoms with Gasteiger partial charge in [0.25, 0.3) is 0 Å². The highest BCUT2D eigenvalue weighted by Crippen LogP contribution is 2.40. The predicted octanol–water partition coefficient (Wildman–Crippen LogP) is 0.766. The van der Waals surface area contributed by atoms with Gasteiger partial charge in [0.2, 0.25) is 0 Å². The van der Waals surface area contributed by atoms with Gasteiger partial charge in [0.15, 0.2) is 0 Å². The van der Waals surface area contributed by atoms with Crippen LogP contribution in [0.15, 0.2) is 0 Å². The smallest absolute Gasteiger partial charge is 0.327 e. The lowest BCUT2D eigenvalue weighted by atomic mass is 9.92. The van der Waals surface area contributed by atoms with E-state index in [0.29, 0.717) is 12.6 Å². The first-order valence-corrected chi connectivity index (χ1v) is 7.24. The Morgan fingerprint density at radius 1 is 1.53 bits per heavy atom. The van der Waals surface area contributed by atoms with Gasteiger partial charge in [-0.1, -0.05) is 6.92 Å². The van der Waals surface area contributed by atoms with Crippen LogP contribution in [0.2, 0.25) is 0 Å². The Hall–Kier alpha value is -0.650. The lowest BCUT2D eigenvalue weighted by Gasteiger charge is -2.42. The Labute approximate surface area is 115 Å². The molecule has 19 heavy (non-hydrogen) atoms. The van der Waals surface area contributed by atoms with E-state index in [9.17, 15) is 4.79 Å². The fourth-order valence-electron chi connectivity index (χ4n) is 2.97. The summed E-state index contributed by atoms with van der Waals surface area (Å²) < 4.78 is 10.6. The van der Waals surface area contributed by atoms with E-state index in [1.807, 2.05) is 0 Å². The highest BCUT2D eigenvalue weighted by molar-refractivity contribution is 5.81. The summed E-state index contributed by atoms with van der Waals surface area (Å²) in [4.78, 5) is 14.4. The molecule has 2 N–H and O–H groups in total. The van der Waals surface area contributed by atoms with Crippen LogP contribution in [0.1, 0.15) is 33.1 Å². The van der Waals surface area contributed by atoms with E-state index >= 15 is 0 Å². The fraction of sp³-hybridized carbons (Fsp3) is 0.929. The third-order valence-corrected chi connectivity index (χ3v) is 4.39. The van der Waals surface area contributed by atoms with Crippen molar-refractivity contribution in [2.75, 3.05) is 26.8 Å². The summed E-state index contributed by atoms with van der Waals surface area (Å²) in [7, 11) is 1.42. The molecule has 1 heterocycles. The lowest BCUT2D eigenvalue weighted by molar-refractivity contribution is -0.150. The second kappa shape index (κ2) is 5.77. The van der Waals surface area contributed by atoms with Crippen LogP contribution < -0.4 is 5.73 Å².